The molecule has 0 atom stereocenters. The number of nitrogens with one attached hydrogen (secondary N) is 2. The van der Waals surface area contributed by atoms with E-state index in [1.807, 2.05) is 0 Å². The van der Waals surface area contributed by atoms with E-state index in [0.717, 1.165) is 68.4 Å². The quantitative estimate of drug-likeness (QED) is 0.753. The third-order valence-corrected chi connectivity index (χ3v) is 5.97. The molecule has 1 aliphatic carbocycles. The molecular weight excluding hydrogens is 409 g/mol. The summed E-state index contributed by atoms with van der Waals surface area (Å²) in [5, 5.41) is 10.4. The Labute approximate surface area is 180 Å². The molecule has 1 saturated heterocycles. The highest BCUT2D eigenvalue weighted by Gasteiger charge is 2.26. The second-order valence-corrected chi connectivity index (χ2v) is 7.45. The van der Waals surface area contributed by atoms with Crippen LogP contribution in [-0.4, -0.2) is 65.3 Å². The second-order valence-electron chi connectivity index (χ2n) is 7.45. The Morgan fingerprint density at radius 2 is 1.70 bits per heavy atom. The molecule has 0 radical (unpaired) electrons. The van der Waals surface area contributed by atoms with Crippen molar-refractivity contribution in [3.63, 3.8) is 0 Å². The van der Waals surface area contributed by atoms with Gasteiger partial charge in [0.1, 0.15) is 0 Å². The van der Waals surface area contributed by atoms with Crippen molar-refractivity contribution < 1.29 is 0 Å². The lowest BCUT2D eigenvalue weighted by Gasteiger charge is -2.38. The zero-order valence-corrected chi connectivity index (χ0v) is 18.2. The Morgan fingerprint density at radius 1 is 1.00 bits per heavy atom. The van der Waals surface area contributed by atoms with Crippen LogP contribution >= 0.6 is 37.2 Å². The first-order valence-electron chi connectivity index (χ1n) is 9.62. The van der Waals surface area contributed by atoms with E-state index in [-0.39, 0.29) is 42.8 Å². The topological polar surface area (TPSA) is 64.3 Å². The van der Waals surface area contributed by atoms with Crippen LogP contribution in [0, 0.1) is 0 Å². The molecule has 1 aromatic heterocycles. The van der Waals surface area contributed by atoms with Crippen LogP contribution in [0.15, 0.2) is 4.79 Å². The Kier molecular flexibility index (Phi) is 10.4. The lowest BCUT2D eigenvalue weighted by atomic mass is 10.0. The molecule has 27 heavy (non-hydrogen) atoms. The number of halogens is 3. The number of nitrogens with zero attached hydrogens (tertiary/aromatic N) is 3. The van der Waals surface area contributed by atoms with E-state index >= 15 is 0 Å². The van der Waals surface area contributed by atoms with E-state index in [1.54, 1.807) is 0 Å². The highest BCUT2D eigenvalue weighted by Crippen LogP contribution is 2.25. The fourth-order valence-corrected chi connectivity index (χ4v) is 4.52. The molecule has 0 unspecified atom stereocenters. The van der Waals surface area contributed by atoms with Crippen LogP contribution in [0.3, 0.4) is 0 Å². The summed E-state index contributed by atoms with van der Waals surface area (Å²) in [6.07, 6.45) is 8.45. The number of aromatic amines is 1. The van der Waals surface area contributed by atoms with Gasteiger partial charge in [0.2, 0.25) is 0 Å². The smallest absolute Gasteiger partial charge is 0.269 e. The van der Waals surface area contributed by atoms with Crippen molar-refractivity contribution in [2.45, 2.75) is 51.0 Å². The highest BCUT2D eigenvalue weighted by molar-refractivity contribution is 5.86. The summed E-state index contributed by atoms with van der Waals surface area (Å²) in [6, 6.07) is 0.851. The van der Waals surface area contributed by atoms with Gasteiger partial charge in [-0.2, -0.15) is 5.10 Å². The molecule has 3 heterocycles. The van der Waals surface area contributed by atoms with E-state index in [0.29, 0.717) is 0 Å². The minimum atomic E-state index is -0.0221. The summed E-state index contributed by atoms with van der Waals surface area (Å²) >= 11 is 0. The summed E-state index contributed by atoms with van der Waals surface area (Å²) in [5.74, 6) is 0. The fraction of sp³-hybridized carbons (Fsp3) is 0.778. The Morgan fingerprint density at radius 3 is 2.41 bits per heavy atom. The molecule has 2 fully saturated rings. The summed E-state index contributed by atoms with van der Waals surface area (Å²) in [5.41, 5.74) is 2.92. The molecule has 2 aliphatic heterocycles. The Hall–Kier alpha value is -0.530. The molecule has 0 amide bonds. The van der Waals surface area contributed by atoms with Gasteiger partial charge in [-0.1, -0.05) is 12.8 Å². The van der Waals surface area contributed by atoms with Crippen molar-refractivity contribution in [3.8, 4) is 0 Å². The van der Waals surface area contributed by atoms with Gasteiger partial charge in [-0.05, 0) is 25.7 Å². The van der Waals surface area contributed by atoms with Crippen LogP contribution in [0.4, 0.5) is 5.69 Å². The summed E-state index contributed by atoms with van der Waals surface area (Å²) in [7, 11) is 0. The fourth-order valence-electron chi connectivity index (χ4n) is 4.52. The lowest BCUT2D eigenvalue weighted by molar-refractivity contribution is 0.0985. The zero-order valence-electron chi connectivity index (χ0n) is 15.7. The molecule has 1 saturated carbocycles. The number of H-pyrrole nitrogens is 1. The number of hydrogen-bond acceptors (Lipinski definition) is 5. The second kappa shape index (κ2) is 11.5. The van der Waals surface area contributed by atoms with Crippen LogP contribution < -0.4 is 10.9 Å². The molecule has 9 heteroatoms. The lowest BCUT2D eigenvalue weighted by Crippen LogP contribution is -2.50. The number of rotatable bonds is 4. The maximum atomic E-state index is 11.9. The third kappa shape index (κ3) is 5.73. The van der Waals surface area contributed by atoms with Crippen LogP contribution in [0.2, 0.25) is 0 Å². The van der Waals surface area contributed by atoms with Gasteiger partial charge >= 0.3 is 0 Å². The highest BCUT2D eigenvalue weighted by atomic mass is 35.5. The molecule has 2 N–H and O–H groups in total. The molecule has 0 bridgehead atoms. The van der Waals surface area contributed by atoms with Crippen molar-refractivity contribution in [1.82, 2.24) is 20.0 Å². The van der Waals surface area contributed by atoms with Gasteiger partial charge in [-0.25, -0.2) is 5.10 Å². The van der Waals surface area contributed by atoms with E-state index in [1.165, 1.54) is 38.8 Å². The molecule has 4 rings (SSSR count). The molecule has 6 nitrogen and oxygen atoms in total. The first-order valence-corrected chi connectivity index (χ1v) is 9.62. The Bertz CT molecular complexity index is 628. The van der Waals surface area contributed by atoms with Crippen molar-refractivity contribution in [2.75, 3.05) is 44.6 Å². The van der Waals surface area contributed by atoms with Gasteiger partial charge in [0.25, 0.3) is 5.56 Å². The molecule has 156 valence electrons. The number of anilines is 1. The van der Waals surface area contributed by atoms with Gasteiger partial charge in [0.05, 0.1) is 11.4 Å². The maximum absolute atomic E-state index is 11.9. The SMILES string of the molecule is Cl.Cl.Cl.O=c1[nH]nc(CCN2CCN(C3CCCC3)CC2)c2c1CCCN2. The van der Waals surface area contributed by atoms with E-state index in [4.69, 9.17) is 0 Å². The summed E-state index contributed by atoms with van der Waals surface area (Å²) in [4.78, 5) is 17.2. The predicted octanol–water partition coefficient (Wildman–Crippen LogP) is 2.50. The van der Waals surface area contributed by atoms with Crippen molar-refractivity contribution in [1.29, 1.82) is 0 Å². The van der Waals surface area contributed by atoms with E-state index in [9.17, 15) is 4.79 Å². The first-order chi connectivity index (χ1) is 11.8. The van der Waals surface area contributed by atoms with Crippen molar-refractivity contribution in [3.05, 3.63) is 21.6 Å². The zero-order chi connectivity index (χ0) is 16.4. The van der Waals surface area contributed by atoms with Crippen LogP contribution in [0.25, 0.3) is 0 Å². The number of hydrogen-bond donors (Lipinski definition) is 2. The number of fused-ring (bicyclic) bond motifs is 1. The van der Waals surface area contributed by atoms with E-state index < -0.39 is 0 Å². The van der Waals surface area contributed by atoms with Gasteiger partial charge in [0, 0.05) is 57.3 Å². The number of aromatic nitrogens is 2. The maximum Gasteiger partial charge on any atom is 0.269 e. The van der Waals surface area contributed by atoms with E-state index in [2.05, 4.69) is 25.3 Å². The van der Waals surface area contributed by atoms with Crippen LogP contribution in [0.5, 0.6) is 0 Å². The molecule has 0 aromatic carbocycles. The summed E-state index contributed by atoms with van der Waals surface area (Å²) < 4.78 is 0. The third-order valence-electron chi connectivity index (χ3n) is 5.97. The predicted molar refractivity (Wildman–Crippen MR) is 117 cm³/mol. The number of piperazine rings is 1. The average molecular weight is 441 g/mol. The monoisotopic (exact) mass is 439 g/mol. The van der Waals surface area contributed by atoms with Crippen LogP contribution in [0.1, 0.15) is 43.4 Å². The van der Waals surface area contributed by atoms with Crippen molar-refractivity contribution >= 4 is 42.9 Å². The largest absolute Gasteiger partial charge is 0.383 e. The van der Waals surface area contributed by atoms with Gasteiger partial charge in [0.15, 0.2) is 0 Å². The van der Waals surface area contributed by atoms with Crippen molar-refractivity contribution in [2.24, 2.45) is 0 Å². The van der Waals surface area contributed by atoms with Gasteiger partial charge < -0.3 is 10.2 Å². The first kappa shape index (κ1) is 24.5. The average Bonchev–Trinajstić information content (AvgIpc) is 3.17. The van der Waals surface area contributed by atoms with Gasteiger partial charge in [-0.15, -0.1) is 37.2 Å². The molecule has 1 aromatic rings. The van der Waals surface area contributed by atoms with Crippen LogP contribution in [-0.2, 0) is 12.8 Å². The van der Waals surface area contributed by atoms with Gasteiger partial charge in [-0.3, -0.25) is 9.69 Å². The molecular formula is C18H32Cl3N5O. The minimum absolute atomic E-state index is 0. The molecule has 3 aliphatic rings. The normalized spacial score (nSPS) is 20.6. The molecule has 0 spiro atoms. The Balaban J connectivity index is 0.00000121. The standard InChI is InChI=1S/C18H29N5O.3ClH/c24-18-15-6-3-8-19-17(15)16(20-21-18)7-9-22-10-12-23(13-11-22)14-4-1-2-5-14;;;/h14,19H,1-13H2,(H,21,24);3*1H. The minimum Gasteiger partial charge on any atom is -0.383 e. The summed E-state index contributed by atoms with van der Waals surface area (Å²) in [6.45, 7) is 6.72.